The number of nitrogens with zero attached hydrogens (tertiary/aromatic N) is 2. The summed E-state index contributed by atoms with van der Waals surface area (Å²) in [6.45, 7) is 5.58. The summed E-state index contributed by atoms with van der Waals surface area (Å²) in [5, 5.41) is 0. The van der Waals surface area contributed by atoms with Gasteiger partial charge in [0.25, 0.3) is 0 Å². The van der Waals surface area contributed by atoms with E-state index in [2.05, 4.69) is 4.98 Å². The van der Waals surface area contributed by atoms with Crippen LogP contribution in [0.4, 0.5) is 5.82 Å². The summed E-state index contributed by atoms with van der Waals surface area (Å²) in [5.74, 6) is 0.751. The first kappa shape index (κ1) is 12.6. The van der Waals surface area contributed by atoms with Crippen LogP contribution in [0.5, 0.6) is 0 Å². The molecule has 0 saturated carbocycles. The van der Waals surface area contributed by atoms with E-state index in [0.717, 1.165) is 12.4 Å². The van der Waals surface area contributed by atoms with Crippen LogP contribution in [-0.4, -0.2) is 37.6 Å². The predicted octanol–water partition coefficient (Wildman–Crippen LogP) is 1.76. The minimum atomic E-state index is 0.0337. The Bertz CT molecular complexity index is 353. The molecule has 0 saturated heterocycles. The lowest BCUT2D eigenvalue weighted by Crippen LogP contribution is -2.25. The maximum absolute atomic E-state index is 11.4. The summed E-state index contributed by atoms with van der Waals surface area (Å²) in [6.07, 6.45) is 1.69. The summed E-state index contributed by atoms with van der Waals surface area (Å²) in [7, 11) is 1.91. The average molecular weight is 222 g/mol. The van der Waals surface area contributed by atoms with Crippen molar-refractivity contribution < 1.29 is 9.53 Å². The normalized spacial score (nSPS) is 10.2. The SMILES string of the molecule is CCOCCN(C)c1ncccc1C(C)=O. The van der Waals surface area contributed by atoms with E-state index in [9.17, 15) is 4.79 Å². The molecule has 0 amide bonds. The first-order valence-electron chi connectivity index (χ1n) is 5.41. The predicted molar refractivity (Wildman–Crippen MR) is 64.0 cm³/mol. The zero-order valence-electron chi connectivity index (χ0n) is 10.1. The topological polar surface area (TPSA) is 42.4 Å². The van der Waals surface area contributed by atoms with E-state index in [-0.39, 0.29) is 5.78 Å². The molecule has 0 aliphatic carbocycles. The number of ether oxygens (including phenoxy) is 1. The number of hydrogen-bond acceptors (Lipinski definition) is 4. The Morgan fingerprint density at radius 3 is 2.94 bits per heavy atom. The lowest BCUT2D eigenvalue weighted by atomic mass is 10.2. The van der Waals surface area contributed by atoms with Crippen LogP contribution in [0, 0.1) is 0 Å². The van der Waals surface area contributed by atoms with Gasteiger partial charge in [-0.2, -0.15) is 0 Å². The number of carbonyl (C=O) groups is 1. The van der Waals surface area contributed by atoms with Crippen LogP contribution in [0.15, 0.2) is 18.3 Å². The second-order valence-electron chi connectivity index (χ2n) is 3.55. The van der Waals surface area contributed by atoms with Gasteiger partial charge in [-0.25, -0.2) is 4.98 Å². The fourth-order valence-corrected chi connectivity index (χ4v) is 1.43. The highest BCUT2D eigenvalue weighted by Crippen LogP contribution is 2.15. The fourth-order valence-electron chi connectivity index (χ4n) is 1.43. The van der Waals surface area contributed by atoms with Gasteiger partial charge >= 0.3 is 0 Å². The molecule has 4 nitrogen and oxygen atoms in total. The summed E-state index contributed by atoms with van der Waals surface area (Å²) in [5.41, 5.74) is 0.654. The molecule has 0 aliphatic heterocycles. The van der Waals surface area contributed by atoms with Gasteiger partial charge in [0, 0.05) is 26.4 Å². The smallest absolute Gasteiger partial charge is 0.163 e. The number of ketones is 1. The highest BCUT2D eigenvalue weighted by atomic mass is 16.5. The zero-order chi connectivity index (χ0) is 12.0. The molecule has 1 aromatic rings. The zero-order valence-corrected chi connectivity index (χ0v) is 10.1. The monoisotopic (exact) mass is 222 g/mol. The highest BCUT2D eigenvalue weighted by molar-refractivity contribution is 5.98. The summed E-state index contributed by atoms with van der Waals surface area (Å²) >= 11 is 0. The lowest BCUT2D eigenvalue weighted by Gasteiger charge is -2.19. The molecule has 0 unspecified atom stereocenters. The molecule has 1 aromatic heterocycles. The standard InChI is InChI=1S/C12H18N2O2/c1-4-16-9-8-14(3)12-11(10(2)15)6-5-7-13-12/h5-7H,4,8-9H2,1-3H3. The van der Waals surface area contributed by atoms with Gasteiger partial charge in [-0.1, -0.05) is 0 Å². The molecular weight excluding hydrogens is 204 g/mol. The van der Waals surface area contributed by atoms with Gasteiger partial charge in [0.05, 0.1) is 12.2 Å². The largest absolute Gasteiger partial charge is 0.380 e. The molecule has 16 heavy (non-hydrogen) atoms. The van der Waals surface area contributed by atoms with E-state index in [0.29, 0.717) is 18.8 Å². The average Bonchev–Trinajstić information content (AvgIpc) is 2.29. The number of hydrogen-bond donors (Lipinski definition) is 0. The van der Waals surface area contributed by atoms with Gasteiger partial charge in [0.15, 0.2) is 5.78 Å². The first-order chi connectivity index (χ1) is 7.66. The molecule has 0 N–H and O–H groups in total. The third-order valence-electron chi connectivity index (χ3n) is 2.30. The highest BCUT2D eigenvalue weighted by Gasteiger charge is 2.11. The molecule has 1 heterocycles. The van der Waals surface area contributed by atoms with Gasteiger partial charge in [0.2, 0.25) is 0 Å². The quantitative estimate of drug-likeness (QED) is 0.543. The Morgan fingerprint density at radius 1 is 1.56 bits per heavy atom. The number of rotatable bonds is 6. The van der Waals surface area contributed by atoms with Crippen molar-refractivity contribution in [3.05, 3.63) is 23.9 Å². The van der Waals surface area contributed by atoms with E-state index in [4.69, 9.17) is 4.74 Å². The minimum absolute atomic E-state index is 0.0337. The third-order valence-corrected chi connectivity index (χ3v) is 2.30. The van der Waals surface area contributed by atoms with Crippen LogP contribution >= 0.6 is 0 Å². The molecule has 4 heteroatoms. The molecule has 0 atom stereocenters. The van der Waals surface area contributed by atoms with Crippen molar-refractivity contribution in [3.63, 3.8) is 0 Å². The van der Waals surface area contributed by atoms with Crippen LogP contribution in [-0.2, 0) is 4.74 Å². The van der Waals surface area contributed by atoms with E-state index < -0.39 is 0 Å². The third kappa shape index (κ3) is 3.31. The second kappa shape index (κ2) is 6.23. The van der Waals surface area contributed by atoms with Crippen LogP contribution in [0.2, 0.25) is 0 Å². The number of pyridine rings is 1. The molecule has 1 rings (SSSR count). The first-order valence-corrected chi connectivity index (χ1v) is 5.41. The molecule has 0 bridgehead atoms. The number of likely N-dealkylation sites (N-methyl/N-ethyl adjacent to an activating group) is 1. The number of aromatic nitrogens is 1. The Labute approximate surface area is 96.2 Å². The Kier molecular flexibility index (Phi) is 4.92. The maximum Gasteiger partial charge on any atom is 0.163 e. The minimum Gasteiger partial charge on any atom is -0.380 e. The van der Waals surface area contributed by atoms with Crippen molar-refractivity contribution in [1.29, 1.82) is 0 Å². The molecular formula is C12H18N2O2. The van der Waals surface area contributed by atoms with Gasteiger partial charge in [0.1, 0.15) is 5.82 Å². The number of carbonyl (C=O) groups excluding carboxylic acids is 1. The molecule has 0 radical (unpaired) electrons. The van der Waals surface area contributed by atoms with Crippen LogP contribution < -0.4 is 4.90 Å². The summed E-state index contributed by atoms with van der Waals surface area (Å²) in [6, 6.07) is 3.57. The molecule has 88 valence electrons. The number of anilines is 1. The van der Waals surface area contributed by atoms with Crippen molar-refractivity contribution in [2.75, 3.05) is 31.7 Å². The van der Waals surface area contributed by atoms with Gasteiger partial charge < -0.3 is 9.64 Å². The van der Waals surface area contributed by atoms with Gasteiger partial charge in [-0.05, 0) is 26.0 Å². The van der Waals surface area contributed by atoms with Crippen molar-refractivity contribution in [1.82, 2.24) is 4.98 Å². The van der Waals surface area contributed by atoms with Crippen molar-refractivity contribution in [2.45, 2.75) is 13.8 Å². The molecule has 0 spiro atoms. The summed E-state index contributed by atoms with van der Waals surface area (Å²) < 4.78 is 5.27. The van der Waals surface area contributed by atoms with Crippen LogP contribution in [0.25, 0.3) is 0 Å². The molecule has 0 aliphatic rings. The van der Waals surface area contributed by atoms with Gasteiger partial charge in [-0.15, -0.1) is 0 Å². The van der Waals surface area contributed by atoms with Crippen LogP contribution in [0.3, 0.4) is 0 Å². The Hall–Kier alpha value is -1.42. The van der Waals surface area contributed by atoms with E-state index in [1.807, 2.05) is 18.9 Å². The Morgan fingerprint density at radius 2 is 2.31 bits per heavy atom. The molecule has 0 aromatic carbocycles. The van der Waals surface area contributed by atoms with Crippen molar-refractivity contribution in [2.24, 2.45) is 0 Å². The van der Waals surface area contributed by atoms with Gasteiger partial charge in [-0.3, -0.25) is 4.79 Å². The molecule has 0 fully saturated rings. The fraction of sp³-hybridized carbons (Fsp3) is 0.500. The lowest BCUT2D eigenvalue weighted by molar-refractivity contribution is 0.101. The Balaban J connectivity index is 2.74. The van der Waals surface area contributed by atoms with E-state index in [1.54, 1.807) is 25.3 Å². The van der Waals surface area contributed by atoms with Crippen molar-refractivity contribution >= 4 is 11.6 Å². The van der Waals surface area contributed by atoms with E-state index in [1.165, 1.54) is 0 Å². The second-order valence-corrected chi connectivity index (χ2v) is 3.55. The van der Waals surface area contributed by atoms with Crippen LogP contribution in [0.1, 0.15) is 24.2 Å². The van der Waals surface area contributed by atoms with E-state index >= 15 is 0 Å². The van der Waals surface area contributed by atoms with Crippen molar-refractivity contribution in [3.8, 4) is 0 Å². The number of Topliss-reactive ketones (excluding diaryl/α,β-unsaturated/α-hetero) is 1. The summed E-state index contributed by atoms with van der Waals surface area (Å²) in [4.78, 5) is 17.6. The maximum atomic E-state index is 11.4.